The second kappa shape index (κ2) is 6.27. The molecule has 0 spiro atoms. The van der Waals surface area contributed by atoms with E-state index in [0.717, 1.165) is 22.1 Å². The van der Waals surface area contributed by atoms with Crippen LogP contribution in [0, 0.1) is 0 Å². The van der Waals surface area contributed by atoms with Crippen LogP contribution in [0.5, 0.6) is 5.75 Å². The van der Waals surface area contributed by atoms with E-state index in [2.05, 4.69) is 0 Å². The molecule has 3 aromatic carbocycles. The van der Waals surface area contributed by atoms with Gasteiger partial charge in [-0.25, -0.2) is 0 Å². The van der Waals surface area contributed by atoms with Crippen LogP contribution in [0.25, 0.3) is 16.8 Å². The lowest BCUT2D eigenvalue weighted by atomic mass is 10.0. The number of ketones is 1. The number of benzene rings is 3. The molecule has 0 amide bonds. The topological polar surface area (TPSA) is 26.3 Å². The number of carbonyl (C=O) groups is 1. The third kappa shape index (κ3) is 2.91. The number of carbonyl (C=O) groups excluding carboxylic acids is 1. The summed E-state index contributed by atoms with van der Waals surface area (Å²) in [5, 5.41) is 2.20. The molecule has 0 bridgehead atoms. The van der Waals surface area contributed by atoms with Crippen LogP contribution < -0.4 is 4.74 Å². The van der Waals surface area contributed by atoms with Crippen molar-refractivity contribution in [2.24, 2.45) is 0 Å². The summed E-state index contributed by atoms with van der Waals surface area (Å²) in [7, 11) is 1.62. The van der Waals surface area contributed by atoms with E-state index >= 15 is 0 Å². The van der Waals surface area contributed by atoms with Crippen molar-refractivity contribution >= 4 is 22.6 Å². The predicted octanol–water partition coefficient (Wildman–Crippen LogP) is 4.74. The van der Waals surface area contributed by atoms with Crippen molar-refractivity contribution in [1.29, 1.82) is 0 Å². The minimum atomic E-state index is -0.0170. The van der Waals surface area contributed by atoms with Crippen LogP contribution in [0.4, 0.5) is 0 Å². The van der Waals surface area contributed by atoms with Gasteiger partial charge >= 0.3 is 0 Å². The molecule has 0 atom stereocenters. The molecular weight excluding hydrogens is 272 g/mol. The summed E-state index contributed by atoms with van der Waals surface area (Å²) in [5.41, 5.74) is 1.57. The van der Waals surface area contributed by atoms with Crippen molar-refractivity contribution in [2.75, 3.05) is 7.11 Å². The highest BCUT2D eigenvalue weighted by atomic mass is 16.5. The number of ether oxygens (including phenoxy) is 1. The molecule has 0 fully saturated rings. The van der Waals surface area contributed by atoms with Crippen LogP contribution >= 0.6 is 0 Å². The van der Waals surface area contributed by atoms with Crippen molar-refractivity contribution in [3.8, 4) is 5.75 Å². The summed E-state index contributed by atoms with van der Waals surface area (Å²) in [4.78, 5) is 12.3. The first-order valence-electron chi connectivity index (χ1n) is 7.12. The summed E-state index contributed by atoms with van der Waals surface area (Å²) in [6.07, 6.45) is 3.37. The molecule has 0 radical (unpaired) electrons. The van der Waals surface area contributed by atoms with Gasteiger partial charge in [0.25, 0.3) is 0 Å². The maximum atomic E-state index is 12.3. The standard InChI is InChI=1S/C20H16O2/c1-22-20-9-5-4-7-16(20)12-13-19(21)18-11-10-15-6-2-3-8-17(15)14-18/h2-14H,1H3. The highest BCUT2D eigenvalue weighted by Gasteiger charge is 2.04. The van der Waals surface area contributed by atoms with Gasteiger partial charge in [-0.2, -0.15) is 0 Å². The van der Waals surface area contributed by atoms with Crippen molar-refractivity contribution < 1.29 is 9.53 Å². The van der Waals surface area contributed by atoms with Crippen LogP contribution in [-0.4, -0.2) is 12.9 Å². The lowest BCUT2D eigenvalue weighted by Crippen LogP contribution is -1.94. The number of allylic oxidation sites excluding steroid dienone is 1. The molecule has 3 rings (SSSR count). The fourth-order valence-corrected chi connectivity index (χ4v) is 2.41. The van der Waals surface area contributed by atoms with Gasteiger partial charge in [0.1, 0.15) is 5.75 Å². The predicted molar refractivity (Wildman–Crippen MR) is 90.3 cm³/mol. The summed E-state index contributed by atoms with van der Waals surface area (Å²) in [5.74, 6) is 0.738. The zero-order chi connectivity index (χ0) is 15.4. The molecule has 3 aromatic rings. The Hall–Kier alpha value is -2.87. The van der Waals surface area contributed by atoms with Gasteiger partial charge in [-0.05, 0) is 35.1 Å². The smallest absolute Gasteiger partial charge is 0.185 e. The molecule has 2 nitrogen and oxygen atoms in total. The molecule has 0 heterocycles. The maximum absolute atomic E-state index is 12.3. The number of hydrogen-bond acceptors (Lipinski definition) is 2. The van der Waals surface area contributed by atoms with E-state index < -0.39 is 0 Å². The van der Waals surface area contributed by atoms with E-state index in [1.807, 2.05) is 66.7 Å². The zero-order valence-corrected chi connectivity index (χ0v) is 12.3. The summed E-state index contributed by atoms with van der Waals surface area (Å²) < 4.78 is 5.28. The molecule has 0 aliphatic carbocycles. The van der Waals surface area contributed by atoms with E-state index in [4.69, 9.17) is 4.74 Å². The Balaban J connectivity index is 1.88. The first-order valence-corrected chi connectivity index (χ1v) is 7.12. The van der Waals surface area contributed by atoms with Crippen LogP contribution in [0.15, 0.2) is 72.8 Å². The van der Waals surface area contributed by atoms with Gasteiger partial charge in [-0.15, -0.1) is 0 Å². The molecule has 0 N–H and O–H groups in total. The van der Waals surface area contributed by atoms with E-state index in [1.165, 1.54) is 0 Å². The molecule has 0 aliphatic heterocycles. The second-order valence-corrected chi connectivity index (χ2v) is 5.00. The Labute approximate surface area is 129 Å². The molecule has 0 saturated heterocycles. The molecule has 22 heavy (non-hydrogen) atoms. The number of para-hydroxylation sites is 1. The Bertz CT molecular complexity index is 847. The summed E-state index contributed by atoms with van der Waals surface area (Å²) in [6, 6.07) is 21.4. The third-order valence-electron chi connectivity index (χ3n) is 3.59. The maximum Gasteiger partial charge on any atom is 0.185 e. The number of hydrogen-bond donors (Lipinski definition) is 0. The normalized spacial score (nSPS) is 11.0. The number of methoxy groups -OCH3 is 1. The van der Waals surface area contributed by atoms with Gasteiger partial charge in [0.15, 0.2) is 5.78 Å². The van der Waals surface area contributed by atoms with Crippen molar-refractivity contribution in [3.05, 3.63) is 83.9 Å². The van der Waals surface area contributed by atoms with E-state index in [1.54, 1.807) is 19.3 Å². The van der Waals surface area contributed by atoms with Gasteiger partial charge in [-0.3, -0.25) is 4.79 Å². The minimum absolute atomic E-state index is 0.0170. The average Bonchev–Trinajstić information content (AvgIpc) is 2.59. The highest BCUT2D eigenvalue weighted by molar-refractivity contribution is 6.08. The highest BCUT2D eigenvalue weighted by Crippen LogP contribution is 2.20. The third-order valence-corrected chi connectivity index (χ3v) is 3.59. The van der Waals surface area contributed by atoms with Crippen LogP contribution in [0.1, 0.15) is 15.9 Å². The first-order chi connectivity index (χ1) is 10.8. The average molecular weight is 288 g/mol. The van der Waals surface area contributed by atoms with Gasteiger partial charge < -0.3 is 4.74 Å². The quantitative estimate of drug-likeness (QED) is 0.512. The summed E-state index contributed by atoms with van der Waals surface area (Å²) >= 11 is 0. The molecule has 108 valence electrons. The van der Waals surface area contributed by atoms with E-state index in [-0.39, 0.29) is 5.78 Å². The second-order valence-electron chi connectivity index (χ2n) is 5.00. The Morgan fingerprint density at radius 1 is 0.909 bits per heavy atom. The fraction of sp³-hybridized carbons (Fsp3) is 0.0500. The minimum Gasteiger partial charge on any atom is -0.496 e. The van der Waals surface area contributed by atoms with Gasteiger partial charge in [0.05, 0.1) is 7.11 Å². The van der Waals surface area contributed by atoms with E-state index in [0.29, 0.717) is 5.56 Å². The largest absolute Gasteiger partial charge is 0.496 e. The SMILES string of the molecule is COc1ccccc1C=CC(=O)c1ccc2ccccc2c1. The number of rotatable bonds is 4. The van der Waals surface area contributed by atoms with Gasteiger partial charge in [-0.1, -0.05) is 54.6 Å². The first kappa shape index (κ1) is 14.1. The Morgan fingerprint density at radius 2 is 1.64 bits per heavy atom. The van der Waals surface area contributed by atoms with Crippen LogP contribution in [0.2, 0.25) is 0 Å². The zero-order valence-electron chi connectivity index (χ0n) is 12.3. The molecule has 0 aliphatic rings. The lowest BCUT2D eigenvalue weighted by Gasteiger charge is -2.03. The number of fused-ring (bicyclic) bond motifs is 1. The van der Waals surface area contributed by atoms with Gasteiger partial charge in [0, 0.05) is 11.1 Å². The molecule has 0 saturated carbocycles. The van der Waals surface area contributed by atoms with Crippen LogP contribution in [0.3, 0.4) is 0 Å². The monoisotopic (exact) mass is 288 g/mol. The van der Waals surface area contributed by atoms with Crippen molar-refractivity contribution in [2.45, 2.75) is 0 Å². The Kier molecular flexibility index (Phi) is 4.01. The molecule has 2 heteroatoms. The fourth-order valence-electron chi connectivity index (χ4n) is 2.41. The van der Waals surface area contributed by atoms with Gasteiger partial charge in [0.2, 0.25) is 0 Å². The van der Waals surface area contributed by atoms with E-state index in [9.17, 15) is 4.79 Å². The molecule has 0 aromatic heterocycles. The summed E-state index contributed by atoms with van der Waals surface area (Å²) in [6.45, 7) is 0. The lowest BCUT2D eigenvalue weighted by molar-refractivity contribution is 0.104. The molecular formula is C20H16O2. The van der Waals surface area contributed by atoms with Crippen molar-refractivity contribution in [3.63, 3.8) is 0 Å². The Morgan fingerprint density at radius 3 is 2.45 bits per heavy atom. The molecule has 0 unspecified atom stereocenters. The van der Waals surface area contributed by atoms with Crippen LogP contribution in [-0.2, 0) is 0 Å². The van der Waals surface area contributed by atoms with Crippen molar-refractivity contribution in [1.82, 2.24) is 0 Å².